The van der Waals surface area contributed by atoms with Gasteiger partial charge in [0.15, 0.2) is 0 Å². The van der Waals surface area contributed by atoms with Crippen molar-refractivity contribution in [3.8, 4) is 0 Å². The first-order valence-electron chi connectivity index (χ1n) is 14.2. The molecule has 2 fully saturated rings. The Bertz CT molecular complexity index is 1500. The Labute approximate surface area is 245 Å². The predicted molar refractivity (Wildman–Crippen MR) is 149 cm³/mol. The van der Waals surface area contributed by atoms with Crippen LogP contribution in [0.4, 0.5) is 13.2 Å². The summed E-state index contributed by atoms with van der Waals surface area (Å²) < 4.78 is 41.5. The van der Waals surface area contributed by atoms with E-state index < -0.39 is 66.6 Å². The van der Waals surface area contributed by atoms with Crippen molar-refractivity contribution in [3.63, 3.8) is 0 Å². The van der Waals surface area contributed by atoms with Crippen molar-refractivity contribution in [1.82, 2.24) is 20.5 Å². The fourth-order valence-corrected chi connectivity index (χ4v) is 5.83. The minimum Gasteiger partial charge on any atom is -0.351 e. The molecule has 1 aromatic heterocycles. The average Bonchev–Trinajstić information content (AvgIpc) is 3.73. The Hall–Kier alpha value is -4.48. The number of nitrogens with one attached hydrogen (secondary N) is 3. The van der Waals surface area contributed by atoms with Gasteiger partial charge in [0.1, 0.15) is 17.5 Å². The second-order valence-electron chi connectivity index (χ2n) is 11.1. The van der Waals surface area contributed by atoms with Gasteiger partial charge in [-0.1, -0.05) is 48.5 Å². The number of nitrogens with zero attached hydrogens (tertiary/aromatic N) is 1. The molecule has 3 aromatic rings. The number of H-pyrrole nitrogens is 1. The van der Waals surface area contributed by atoms with E-state index in [4.69, 9.17) is 0 Å². The molecule has 3 amide bonds. The largest absolute Gasteiger partial charge is 0.393 e. The number of aromatic amines is 1. The standard InChI is InChI=1S/C31H31F3N4O5/c32-31(33,34)21-15-25(38(17-21)30(43)24-13-19-9-4-5-11-22(19)36-24)28(41)37-23(14-20-10-6-12-26(20)39)27(40)29(42)35-16-18-7-2-1-3-8-18/h1-5,7-9,11,13,20-21,23,25,36H,6,10,12,14-17H2,(H,35,42)(H,37,41). The lowest BCUT2D eigenvalue weighted by molar-refractivity contribution is -0.170. The zero-order chi connectivity index (χ0) is 30.7. The third kappa shape index (κ3) is 6.79. The number of ketones is 2. The molecule has 2 aromatic carbocycles. The van der Waals surface area contributed by atoms with Gasteiger partial charge in [0.05, 0.1) is 12.0 Å². The molecule has 2 heterocycles. The van der Waals surface area contributed by atoms with Crippen LogP contribution in [-0.2, 0) is 25.7 Å². The molecule has 0 radical (unpaired) electrons. The normalized spacial score (nSPS) is 21.1. The Morgan fingerprint density at radius 1 is 1.02 bits per heavy atom. The molecular weight excluding hydrogens is 565 g/mol. The number of aromatic nitrogens is 1. The second kappa shape index (κ2) is 12.4. The van der Waals surface area contributed by atoms with E-state index in [1.807, 2.05) is 0 Å². The van der Waals surface area contributed by atoms with Crippen LogP contribution in [0.15, 0.2) is 60.7 Å². The van der Waals surface area contributed by atoms with Gasteiger partial charge in [-0.25, -0.2) is 0 Å². The maximum Gasteiger partial charge on any atom is 0.393 e. The van der Waals surface area contributed by atoms with Crippen LogP contribution in [0.1, 0.15) is 48.2 Å². The molecular formula is C31H31F3N4O5. The van der Waals surface area contributed by atoms with E-state index in [0.29, 0.717) is 30.2 Å². The number of halogens is 3. The minimum atomic E-state index is -4.67. The number of alkyl halides is 3. The van der Waals surface area contributed by atoms with Gasteiger partial charge in [-0.05, 0) is 43.4 Å². The van der Waals surface area contributed by atoms with E-state index in [2.05, 4.69) is 15.6 Å². The van der Waals surface area contributed by atoms with E-state index in [1.54, 1.807) is 54.6 Å². The van der Waals surface area contributed by atoms with Gasteiger partial charge in [0, 0.05) is 36.3 Å². The number of hydrogen-bond acceptors (Lipinski definition) is 5. The van der Waals surface area contributed by atoms with Crippen molar-refractivity contribution in [2.24, 2.45) is 11.8 Å². The first-order valence-corrected chi connectivity index (χ1v) is 14.2. The lowest BCUT2D eigenvalue weighted by Gasteiger charge is -2.26. The lowest BCUT2D eigenvalue weighted by Crippen LogP contribution is -2.54. The number of benzene rings is 2. The molecule has 226 valence electrons. The van der Waals surface area contributed by atoms with Crippen LogP contribution < -0.4 is 10.6 Å². The van der Waals surface area contributed by atoms with Gasteiger partial charge in [0.2, 0.25) is 11.7 Å². The van der Waals surface area contributed by atoms with Crippen LogP contribution >= 0.6 is 0 Å². The zero-order valence-electron chi connectivity index (χ0n) is 23.2. The maximum atomic E-state index is 13.8. The van der Waals surface area contributed by atoms with Crippen molar-refractivity contribution in [3.05, 3.63) is 71.9 Å². The molecule has 2 aliphatic rings. The number of rotatable bonds is 9. The van der Waals surface area contributed by atoms with Crippen molar-refractivity contribution in [2.45, 2.75) is 56.9 Å². The van der Waals surface area contributed by atoms with Crippen molar-refractivity contribution >= 4 is 40.2 Å². The molecule has 1 aliphatic carbocycles. The summed E-state index contributed by atoms with van der Waals surface area (Å²) in [5.41, 5.74) is 1.35. The average molecular weight is 597 g/mol. The molecule has 1 saturated carbocycles. The molecule has 12 heteroatoms. The summed E-state index contributed by atoms with van der Waals surface area (Å²) in [7, 11) is 0. The number of Topliss-reactive ketones (excluding diaryl/α,β-unsaturated/α-hetero) is 2. The SMILES string of the molecule is O=C(NCc1ccccc1)C(=O)C(CC1CCCC1=O)NC(=O)C1CC(C(F)(F)F)CN1C(=O)c1cc2ccccc2[nH]1. The summed E-state index contributed by atoms with van der Waals surface area (Å²) in [6.45, 7) is -0.704. The minimum absolute atomic E-state index is 0.0197. The molecule has 43 heavy (non-hydrogen) atoms. The summed E-state index contributed by atoms with van der Waals surface area (Å²) in [6.07, 6.45) is -4.16. The molecule has 0 spiro atoms. The highest BCUT2D eigenvalue weighted by molar-refractivity contribution is 6.38. The van der Waals surface area contributed by atoms with Crippen molar-refractivity contribution in [1.29, 1.82) is 0 Å². The van der Waals surface area contributed by atoms with Crippen LogP contribution in [0.2, 0.25) is 0 Å². The maximum absolute atomic E-state index is 13.8. The number of carbonyl (C=O) groups excluding carboxylic acids is 5. The first kappa shape index (κ1) is 30.0. The molecule has 1 aliphatic heterocycles. The Morgan fingerprint density at radius 3 is 2.42 bits per heavy atom. The van der Waals surface area contributed by atoms with Gasteiger partial charge in [-0.3, -0.25) is 24.0 Å². The number of likely N-dealkylation sites (tertiary alicyclic amines) is 1. The zero-order valence-corrected chi connectivity index (χ0v) is 23.2. The number of hydrogen-bond donors (Lipinski definition) is 3. The summed E-state index contributed by atoms with van der Waals surface area (Å²) >= 11 is 0. The third-order valence-electron chi connectivity index (χ3n) is 8.19. The van der Waals surface area contributed by atoms with Crippen LogP contribution in [0.3, 0.4) is 0 Å². The van der Waals surface area contributed by atoms with Gasteiger partial charge >= 0.3 is 6.18 Å². The van der Waals surface area contributed by atoms with E-state index in [9.17, 15) is 37.1 Å². The smallest absolute Gasteiger partial charge is 0.351 e. The Kier molecular flexibility index (Phi) is 8.65. The van der Waals surface area contributed by atoms with E-state index in [0.717, 1.165) is 10.5 Å². The van der Waals surface area contributed by atoms with Gasteiger partial charge in [-0.2, -0.15) is 13.2 Å². The van der Waals surface area contributed by atoms with E-state index >= 15 is 0 Å². The van der Waals surface area contributed by atoms with Crippen molar-refractivity contribution < 1.29 is 37.1 Å². The van der Waals surface area contributed by atoms with Crippen LogP contribution in [0.5, 0.6) is 0 Å². The monoisotopic (exact) mass is 596 g/mol. The molecule has 3 N–H and O–H groups in total. The summed E-state index contributed by atoms with van der Waals surface area (Å²) in [5.74, 6) is -6.44. The van der Waals surface area contributed by atoms with Gasteiger partial charge in [0.25, 0.3) is 11.8 Å². The third-order valence-corrected chi connectivity index (χ3v) is 8.19. The number of carbonyl (C=O) groups is 5. The van der Waals surface area contributed by atoms with Crippen LogP contribution in [0, 0.1) is 11.8 Å². The Morgan fingerprint density at radius 2 is 1.74 bits per heavy atom. The highest BCUT2D eigenvalue weighted by atomic mass is 19.4. The number of para-hydroxylation sites is 1. The molecule has 0 bridgehead atoms. The van der Waals surface area contributed by atoms with E-state index in [1.165, 1.54) is 6.07 Å². The molecule has 9 nitrogen and oxygen atoms in total. The summed E-state index contributed by atoms with van der Waals surface area (Å²) in [6, 6.07) is 14.2. The number of fused-ring (bicyclic) bond motifs is 1. The first-order chi connectivity index (χ1) is 20.5. The van der Waals surface area contributed by atoms with Crippen molar-refractivity contribution in [2.75, 3.05) is 6.54 Å². The molecule has 1 saturated heterocycles. The van der Waals surface area contributed by atoms with Gasteiger partial charge in [-0.15, -0.1) is 0 Å². The summed E-state index contributed by atoms with van der Waals surface area (Å²) in [5, 5.41) is 5.62. The molecule has 4 atom stereocenters. The fourth-order valence-electron chi connectivity index (χ4n) is 5.83. The fraction of sp³-hybridized carbons (Fsp3) is 0.387. The topological polar surface area (TPSA) is 128 Å². The molecule has 4 unspecified atom stereocenters. The van der Waals surface area contributed by atoms with Crippen LogP contribution in [-0.4, -0.2) is 64.0 Å². The molecule has 5 rings (SSSR count). The highest BCUT2D eigenvalue weighted by Gasteiger charge is 2.51. The quantitative estimate of drug-likeness (QED) is 0.325. The lowest BCUT2D eigenvalue weighted by atomic mass is 9.94. The van der Waals surface area contributed by atoms with Gasteiger partial charge < -0.3 is 20.5 Å². The Balaban J connectivity index is 1.36. The summed E-state index contributed by atoms with van der Waals surface area (Å²) in [4.78, 5) is 69.2. The van der Waals surface area contributed by atoms with E-state index in [-0.39, 0.29) is 24.4 Å². The number of amides is 3. The highest BCUT2D eigenvalue weighted by Crippen LogP contribution is 2.37. The second-order valence-corrected chi connectivity index (χ2v) is 11.1. The predicted octanol–water partition coefficient (Wildman–Crippen LogP) is 3.69. The van der Waals surface area contributed by atoms with Crippen LogP contribution in [0.25, 0.3) is 10.9 Å².